The van der Waals surface area contributed by atoms with Crippen molar-refractivity contribution in [2.45, 2.75) is 13.5 Å². The van der Waals surface area contributed by atoms with Crippen molar-refractivity contribution in [3.8, 4) is 0 Å². The maximum absolute atomic E-state index is 5.91. The lowest BCUT2D eigenvalue weighted by atomic mass is 10.4. The van der Waals surface area contributed by atoms with Gasteiger partial charge in [0, 0.05) is 19.3 Å². The second-order valence-electron chi connectivity index (χ2n) is 3.10. The zero-order chi connectivity index (χ0) is 10.7. The van der Waals surface area contributed by atoms with Crippen molar-refractivity contribution in [1.82, 2.24) is 14.5 Å². The number of imidazole rings is 1. The highest BCUT2D eigenvalue weighted by atomic mass is 35.5. The fourth-order valence-electron chi connectivity index (χ4n) is 1.45. The molecule has 2 heterocycles. The van der Waals surface area contributed by atoms with E-state index in [1.54, 1.807) is 12.5 Å². The van der Waals surface area contributed by atoms with Gasteiger partial charge in [0.25, 0.3) is 0 Å². The molecule has 0 aromatic carbocycles. The van der Waals surface area contributed by atoms with Gasteiger partial charge in [0.05, 0.1) is 18.5 Å². The smallest absolute Gasteiger partial charge is 0.156 e. The van der Waals surface area contributed by atoms with Crippen molar-refractivity contribution in [2.24, 2.45) is 0 Å². The summed E-state index contributed by atoms with van der Waals surface area (Å²) in [5.74, 6) is 0. The van der Waals surface area contributed by atoms with Crippen LogP contribution in [0, 0.1) is 0 Å². The Labute approximate surface area is 92.8 Å². The van der Waals surface area contributed by atoms with Gasteiger partial charge >= 0.3 is 0 Å². The number of rotatable bonds is 4. The zero-order valence-electron chi connectivity index (χ0n) is 8.48. The van der Waals surface area contributed by atoms with E-state index < -0.39 is 0 Å². The first kappa shape index (κ1) is 10.4. The third kappa shape index (κ3) is 2.11. The molecule has 2 rings (SSSR count). The first-order valence-electron chi connectivity index (χ1n) is 4.86. The van der Waals surface area contributed by atoms with Crippen LogP contribution in [0.1, 0.15) is 6.92 Å². The summed E-state index contributed by atoms with van der Waals surface area (Å²) in [7, 11) is 0. The molecular formula is C10H12ClN3O. The van der Waals surface area contributed by atoms with Crippen molar-refractivity contribution in [3.05, 3.63) is 23.7 Å². The van der Waals surface area contributed by atoms with Gasteiger partial charge in [-0.25, -0.2) is 9.97 Å². The van der Waals surface area contributed by atoms with Gasteiger partial charge < -0.3 is 9.30 Å². The van der Waals surface area contributed by atoms with Crippen LogP contribution in [0.4, 0.5) is 0 Å². The minimum absolute atomic E-state index is 0.447. The second-order valence-corrected chi connectivity index (χ2v) is 3.46. The summed E-state index contributed by atoms with van der Waals surface area (Å²) in [4.78, 5) is 8.19. The molecule has 0 atom stereocenters. The molecule has 0 aliphatic carbocycles. The summed E-state index contributed by atoms with van der Waals surface area (Å²) < 4.78 is 7.30. The summed E-state index contributed by atoms with van der Waals surface area (Å²) in [6, 6.07) is 1.90. The summed E-state index contributed by atoms with van der Waals surface area (Å²) >= 11 is 5.91. The molecule has 0 unspecified atom stereocenters. The predicted octanol–water partition coefficient (Wildman–Crippen LogP) is 2.12. The second kappa shape index (κ2) is 4.59. The van der Waals surface area contributed by atoms with E-state index in [2.05, 4.69) is 9.97 Å². The minimum atomic E-state index is 0.447. The van der Waals surface area contributed by atoms with E-state index in [0.29, 0.717) is 11.8 Å². The number of halogens is 1. The number of pyridine rings is 1. The predicted molar refractivity (Wildman–Crippen MR) is 59.0 cm³/mol. The lowest BCUT2D eigenvalue weighted by Gasteiger charge is -2.03. The standard InChI is InChI=1S/C10H12ClN3O/c1-2-15-6-5-14-7-13-9-8(14)3-4-12-10(9)11/h3-4,7H,2,5-6H2,1H3. The van der Waals surface area contributed by atoms with Crippen LogP contribution in [-0.2, 0) is 11.3 Å². The van der Waals surface area contributed by atoms with E-state index in [9.17, 15) is 0 Å². The minimum Gasteiger partial charge on any atom is -0.380 e. The lowest BCUT2D eigenvalue weighted by molar-refractivity contribution is 0.140. The van der Waals surface area contributed by atoms with Crippen LogP contribution in [0.3, 0.4) is 0 Å². The molecule has 2 aromatic rings. The number of hydrogen-bond donors (Lipinski definition) is 0. The number of hydrogen-bond acceptors (Lipinski definition) is 3. The Morgan fingerprint density at radius 3 is 3.13 bits per heavy atom. The van der Waals surface area contributed by atoms with E-state index in [4.69, 9.17) is 16.3 Å². The molecule has 4 nitrogen and oxygen atoms in total. The third-order valence-corrected chi connectivity index (χ3v) is 2.45. The zero-order valence-corrected chi connectivity index (χ0v) is 9.24. The van der Waals surface area contributed by atoms with Gasteiger partial charge in [-0.2, -0.15) is 0 Å². The maximum Gasteiger partial charge on any atom is 0.156 e. The molecule has 0 N–H and O–H groups in total. The summed E-state index contributed by atoms with van der Waals surface area (Å²) in [5.41, 5.74) is 1.74. The Kier molecular flexibility index (Phi) is 3.18. The Morgan fingerprint density at radius 1 is 1.47 bits per heavy atom. The molecule has 0 spiro atoms. The van der Waals surface area contributed by atoms with Crippen LogP contribution in [0.5, 0.6) is 0 Å². The molecule has 5 heteroatoms. The number of nitrogens with zero attached hydrogens (tertiary/aromatic N) is 3. The van der Waals surface area contributed by atoms with E-state index in [1.807, 2.05) is 17.6 Å². The van der Waals surface area contributed by atoms with E-state index in [0.717, 1.165) is 24.2 Å². The van der Waals surface area contributed by atoms with E-state index in [-0.39, 0.29) is 0 Å². The van der Waals surface area contributed by atoms with Gasteiger partial charge in [-0.05, 0) is 13.0 Å². The van der Waals surface area contributed by atoms with Crippen LogP contribution in [0.2, 0.25) is 5.15 Å². The fraction of sp³-hybridized carbons (Fsp3) is 0.400. The molecule has 80 valence electrons. The van der Waals surface area contributed by atoms with Crippen molar-refractivity contribution >= 4 is 22.6 Å². The Balaban J connectivity index is 2.25. The Morgan fingerprint density at radius 2 is 2.33 bits per heavy atom. The van der Waals surface area contributed by atoms with Crippen LogP contribution < -0.4 is 0 Å². The van der Waals surface area contributed by atoms with Crippen LogP contribution in [0.15, 0.2) is 18.6 Å². The first-order chi connectivity index (χ1) is 7.33. The molecule has 0 saturated carbocycles. The SMILES string of the molecule is CCOCCn1cnc2c(Cl)nccc21. The number of ether oxygens (including phenoxy) is 1. The highest BCUT2D eigenvalue weighted by Gasteiger charge is 2.05. The third-order valence-electron chi connectivity index (χ3n) is 2.17. The van der Waals surface area contributed by atoms with Crippen molar-refractivity contribution in [1.29, 1.82) is 0 Å². The summed E-state index contributed by atoms with van der Waals surface area (Å²) in [6.07, 6.45) is 3.45. The monoisotopic (exact) mass is 225 g/mol. The molecular weight excluding hydrogens is 214 g/mol. The van der Waals surface area contributed by atoms with Crippen LogP contribution >= 0.6 is 11.6 Å². The lowest BCUT2D eigenvalue weighted by Crippen LogP contribution is -2.04. The topological polar surface area (TPSA) is 39.9 Å². The summed E-state index contributed by atoms with van der Waals surface area (Å²) in [5, 5.41) is 0.447. The molecule has 0 aliphatic heterocycles. The van der Waals surface area contributed by atoms with Gasteiger partial charge in [-0.1, -0.05) is 11.6 Å². The van der Waals surface area contributed by atoms with Crippen LogP contribution in [-0.4, -0.2) is 27.7 Å². The maximum atomic E-state index is 5.91. The Hall–Kier alpha value is -1.13. The highest BCUT2D eigenvalue weighted by Crippen LogP contribution is 2.18. The normalized spacial score (nSPS) is 11.1. The molecule has 0 bridgehead atoms. The summed E-state index contributed by atoms with van der Waals surface area (Å²) in [6.45, 7) is 4.17. The molecule has 0 aliphatic rings. The van der Waals surface area contributed by atoms with E-state index in [1.165, 1.54) is 0 Å². The first-order valence-corrected chi connectivity index (χ1v) is 5.24. The van der Waals surface area contributed by atoms with Gasteiger partial charge in [0.1, 0.15) is 5.52 Å². The molecule has 0 saturated heterocycles. The molecule has 2 aromatic heterocycles. The van der Waals surface area contributed by atoms with Gasteiger partial charge in [-0.15, -0.1) is 0 Å². The molecule has 15 heavy (non-hydrogen) atoms. The quantitative estimate of drug-likeness (QED) is 0.591. The van der Waals surface area contributed by atoms with Crippen molar-refractivity contribution in [2.75, 3.05) is 13.2 Å². The van der Waals surface area contributed by atoms with Gasteiger partial charge in [-0.3, -0.25) is 0 Å². The molecule has 0 amide bonds. The highest BCUT2D eigenvalue weighted by molar-refractivity contribution is 6.33. The average molecular weight is 226 g/mol. The number of aromatic nitrogens is 3. The number of fused-ring (bicyclic) bond motifs is 1. The fourth-order valence-corrected chi connectivity index (χ4v) is 1.65. The molecule has 0 radical (unpaired) electrons. The van der Waals surface area contributed by atoms with Crippen LogP contribution in [0.25, 0.3) is 11.0 Å². The van der Waals surface area contributed by atoms with Gasteiger partial charge in [0.15, 0.2) is 5.15 Å². The van der Waals surface area contributed by atoms with Gasteiger partial charge in [0.2, 0.25) is 0 Å². The van der Waals surface area contributed by atoms with Crippen molar-refractivity contribution in [3.63, 3.8) is 0 Å². The average Bonchev–Trinajstić information content (AvgIpc) is 2.64. The molecule has 0 fully saturated rings. The Bertz CT molecular complexity index is 455. The largest absolute Gasteiger partial charge is 0.380 e. The van der Waals surface area contributed by atoms with E-state index >= 15 is 0 Å². The van der Waals surface area contributed by atoms with Crippen molar-refractivity contribution < 1.29 is 4.74 Å².